The molecule has 0 saturated carbocycles. The van der Waals surface area contributed by atoms with Crippen molar-refractivity contribution in [1.29, 1.82) is 0 Å². The highest BCUT2D eigenvalue weighted by molar-refractivity contribution is 6.28. The smallest absolute Gasteiger partial charge is 0.226 e. The number of halogens is 1. The van der Waals surface area contributed by atoms with Gasteiger partial charge in [-0.3, -0.25) is 5.10 Å². The van der Waals surface area contributed by atoms with Gasteiger partial charge in [0, 0.05) is 6.54 Å². The Morgan fingerprint density at radius 3 is 2.81 bits per heavy atom. The zero-order valence-corrected chi connectivity index (χ0v) is 12.2. The first-order chi connectivity index (χ1) is 10.3. The van der Waals surface area contributed by atoms with E-state index in [4.69, 9.17) is 16.3 Å². The summed E-state index contributed by atoms with van der Waals surface area (Å²) in [5, 5.41) is 11.0. The molecular formula is C14H14ClN5O. The molecule has 2 heterocycles. The van der Waals surface area contributed by atoms with Crippen molar-refractivity contribution in [3.8, 4) is 5.75 Å². The molecule has 6 nitrogen and oxygen atoms in total. The van der Waals surface area contributed by atoms with Crippen LogP contribution in [-0.4, -0.2) is 33.8 Å². The number of benzene rings is 1. The minimum Gasteiger partial charge on any atom is -0.497 e. The molecule has 0 amide bonds. The summed E-state index contributed by atoms with van der Waals surface area (Å²) in [7, 11) is 1.66. The number of aromatic nitrogens is 4. The lowest BCUT2D eigenvalue weighted by molar-refractivity contribution is 0.414. The molecule has 0 radical (unpaired) electrons. The van der Waals surface area contributed by atoms with Gasteiger partial charge in [-0.1, -0.05) is 12.1 Å². The minimum atomic E-state index is 0.193. The number of methoxy groups -OCH3 is 1. The van der Waals surface area contributed by atoms with Gasteiger partial charge < -0.3 is 10.1 Å². The van der Waals surface area contributed by atoms with Crippen molar-refractivity contribution in [1.82, 2.24) is 20.2 Å². The fraction of sp³-hybridized carbons (Fsp3) is 0.214. The summed E-state index contributed by atoms with van der Waals surface area (Å²) in [5.74, 6) is 1.54. The Morgan fingerprint density at radius 2 is 2.05 bits per heavy atom. The zero-order valence-electron chi connectivity index (χ0n) is 11.4. The van der Waals surface area contributed by atoms with Gasteiger partial charge in [-0.15, -0.1) is 0 Å². The Hall–Kier alpha value is -2.34. The van der Waals surface area contributed by atoms with Gasteiger partial charge in [-0.25, -0.2) is 0 Å². The summed E-state index contributed by atoms with van der Waals surface area (Å²) in [4.78, 5) is 8.26. The standard InChI is InChI=1S/C14H14ClN5O/c1-21-10-4-2-9(3-5-10)6-7-16-12-11-8-17-20-13(11)19-14(15)18-12/h2-5,8H,6-7H2,1H3,(H2,16,17,18,19,20). The molecule has 0 spiro atoms. The topological polar surface area (TPSA) is 75.7 Å². The Morgan fingerprint density at radius 1 is 1.24 bits per heavy atom. The fourth-order valence-corrected chi connectivity index (χ4v) is 2.23. The molecule has 2 N–H and O–H groups in total. The molecule has 0 bridgehead atoms. The van der Waals surface area contributed by atoms with Crippen molar-refractivity contribution >= 4 is 28.5 Å². The highest BCUT2D eigenvalue weighted by Crippen LogP contribution is 2.20. The number of nitrogens with zero attached hydrogens (tertiary/aromatic N) is 3. The van der Waals surface area contributed by atoms with E-state index in [2.05, 4.69) is 25.5 Å². The number of fused-ring (bicyclic) bond motifs is 1. The molecule has 0 unspecified atom stereocenters. The van der Waals surface area contributed by atoms with Crippen molar-refractivity contribution in [2.75, 3.05) is 19.0 Å². The van der Waals surface area contributed by atoms with E-state index in [1.807, 2.05) is 24.3 Å². The largest absolute Gasteiger partial charge is 0.497 e. The molecule has 0 atom stereocenters. The van der Waals surface area contributed by atoms with Gasteiger partial charge in [0.1, 0.15) is 11.6 Å². The predicted octanol–water partition coefficient (Wildman–Crippen LogP) is 2.67. The first-order valence-corrected chi connectivity index (χ1v) is 6.87. The summed E-state index contributed by atoms with van der Waals surface area (Å²) in [6.45, 7) is 0.736. The molecular weight excluding hydrogens is 290 g/mol. The monoisotopic (exact) mass is 303 g/mol. The van der Waals surface area contributed by atoms with Gasteiger partial charge >= 0.3 is 0 Å². The van der Waals surface area contributed by atoms with Crippen LogP contribution in [0.5, 0.6) is 5.75 Å². The molecule has 0 fully saturated rings. The number of H-pyrrole nitrogens is 1. The lowest BCUT2D eigenvalue weighted by Crippen LogP contribution is -2.07. The highest BCUT2D eigenvalue weighted by atomic mass is 35.5. The molecule has 21 heavy (non-hydrogen) atoms. The van der Waals surface area contributed by atoms with E-state index in [-0.39, 0.29) is 5.28 Å². The minimum absolute atomic E-state index is 0.193. The average Bonchev–Trinajstić information content (AvgIpc) is 2.96. The van der Waals surface area contributed by atoms with Gasteiger partial charge in [0.05, 0.1) is 18.7 Å². The third-order valence-electron chi connectivity index (χ3n) is 3.15. The summed E-state index contributed by atoms with van der Waals surface area (Å²) >= 11 is 5.89. The maximum Gasteiger partial charge on any atom is 0.226 e. The molecule has 7 heteroatoms. The van der Waals surface area contributed by atoms with Crippen LogP contribution in [0.25, 0.3) is 11.0 Å². The quantitative estimate of drug-likeness (QED) is 0.709. The normalized spacial score (nSPS) is 10.8. The number of hydrogen-bond donors (Lipinski definition) is 2. The Labute approximate surface area is 126 Å². The van der Waals surface area contributed by atoms with Crippen LogP contribution in [0.4, 0.5) is 5.82 Å². The molecule has 3 rings (SSSR count). The van der Waals surface area contributed by atoms with Gasteiger partial charge in [0.25, 0.3) is 0 Å². The second-order valence-corrected chi connectivity index (χ2v) is 4.84. The lowest BCUT2D eigenvalue weighted by Gasteiger charge is -2.07. The van der Waals surface area contributed by atoms with E-state index in [0.717, 1.165) is 24.1 Å². The van der Waals surface area contributed by atoms with Gasteiger partial charge in [-0.2, -0.15) is 15.1 Å². The van der Waals surface area contributed by atoms with E-state index >= 15 is 0 Å². The number of hydrogen-bond acceptors (Lipinski definition) is 5. The molecule has 0 aliphatic carbocycles. The van der Waals surface area contributed by atoms with Crippen LogP contribution in [0.3, 0.4) is 0 Å². The second kappa shape index (κ2) is 5.97. The van der Waals surface area contributed by atoms with Gasteiger partial charge in [0.15, 0.2) is 5.65 Å². The second-order valence-electron chi connectivity index (χ2n) is 4.50. The van der Waals surface area contributed by atoms with Crippen molar-refractivity contribution in [2.24, 2.45) is 0 Å². The van der Waals surface area contributed by atoms with E-state index in [9.17, 15) is 0 Å². The van der Waals surface area contributed by atoms with E-state index in [1.54, 1.807) is 13.3 Å². The van der Waals surface area contributed by atoms with Crippen molar-refractivity contribution in [3.05, 3.63) is 41.3 Å². The molecule has 0 aliphatic heterocycles. The fourth-order valence-electron chi connectivity index (χ4n) is 2.06. The summed E-state index contributed by atoms with van der Waals surface area (Å²) in [6.07, 6.45) is 2.55. The maximum absolute atomic E-state index is 5.89. The molecule has 1 aromatic carbocycles. The third kappa shape index (κ3) is 3.05. The molecule has 2 aromatic heterocycles. The van der Waals surface area contributed by atoms with Crippen molar-refractivity contribution < 1.29 is 4.74 Å². The predicted molar refractivity (Wildman–Crippen MR) is 81.9 cm³/mol. The Bertz CT molecular complexity index is 741. The van der Waals surface area contributed by atoms with Crippen LogP contribution in [0, 0.1) is 0 Å². The van der Waals surface area contributed by atoms with Crippen LogP contribution < -0.4 is 10.1 Å². The molecule has 0 saturated heterocycles. The first kappa shape index (κ1) is 13.6. The average molecular weight is 304 g/mol. The lowest BCUT2D eigenvalue weighted by atomic mass is 10.1. The molecule has 0 aliphatic rings. The number of rotatable bonds is 5. The van der Waals surface area contributed by atoms with E-state index in [0.29, 0.717) is 11.5 Å². The van der Waals surface area contributed by atoms with Crippen LogP contribution in [0.15, 0.2) is 30.5 Å². The number of aromatic amines is 1. The van der Waals surface area contributed by atoms with Crippen LogP contribution in [0.2, 0.25) is 5.28 Å². The van der Waals surface area contributed by atoms with Gasteiger partial charge in [0.2, 0.25) is 5.28 Å². The van der Waals surface area contributed by atoms with Crippen molar-refractivity contribution in [3.63, 3.8) is 0 Å². The Kier molecular flexibility index (Phi) is 3.87. The third-order valence-corrected chi connectivity index (χ3v) is 3.32. The Balaban J connectivity index is 1.67. The van der Waals surface area contributed by atoms with E-state index < -0.39 is 0 Å². The summed E-state index contributed by atoms with van der Waals surface area (Å²) in [6, 6.07) is 7.98. The van der Waals surface area contributed by atoms with Gasteiger partial charge in [-0.05, 0) is 35.7 Å². The maximum atomic E-state index is 5.89. The number of anilines is 1. The summed E-state index contributed by atoms with van der Waals surface area (Å²) < 4.78 is 5.14. The van der Waals surface area contributed by atoms with Crippen LogP contribution >= 0.6 is 11.6 Å². The molecule has 3 aromatic rings. The first-order valence-electron chi connectivity index (χ1n) is 6.49. The number of ether oxygens (including phenoxy) is 1. The van der Waals surface area contributed by atoms with Crippen molar-refractivity contribution in [2.45, 2.75) is 6.42 Å². The number of nitrogens with one attached hydrogen (secondary N) is 2. The highest BCUT2D eigenvalue weighted by Gasteiger charge is 2.07. The summed E-state index contributed by atoms with van der Waals surface area (Å²) in [5.41, 5.74) is 1.84. The molecule has 108 valence electrons. The van der Waals surface area contributed by atoms with E-state index in [1.165, 1.54) is 5.56 Å². The zero-order chi connectivity index (χ0) is 14.7. The van der Waals surface area contributed by atoms with Crippen LogP contribution in [0.1, 0.15) is 5.56 Å². The van der Waals surface area contributed by atoms with Crippen LogP contribution in [-0.2, 0) is 6.42 Å². The SMILES string of the molecule is COc1ccc(CCNc2nc(Cl)nc3[nH]ncc23)cc1.